The van der Waals surface area contributed by atoms with Gasteiger partial charge in [-0.2, -0.15) is 4.98 Å². The molecule has 1 atom stereocenters. The van der Waals surface area contributed by atoms with Gasteiger partial charge in [0.15, 0.2) is 28.7 Å². The lowest BCUT2D eigenvalue weighted by Crippen LogP contribution is -2.40. The smallest absolute Gasteiger partial charge is 0.240 e. The Morgan fingerprint density at radius 1 is 1.17 bits per heavy atom. The molecule has 1 fully saturated rings. The van der Waals surface area contributed by atoms with Crippen LogP contribution in [0.5, 0.6) is 17.2 Å². The molecule has 35 heavy (non-hydrogen) atoms. The van der Waals surface area contributed by atoms with E-state index in [0.717, 1.165) is 12.1 Å². The summed E-state index contributed by atoms with van der Waals surface area (Å²) in [5, 5.41) is 3.14. The zero-order valence-electron chi connectivity index (χ0n) is 19.5. The fraction of sp³-hybridized carbons (Fsp3) is 0.304. The predicted octanol–water partition coefficient (Wildman–Crippen LogP) is 2.63. The number of fused-ring (bicyclic) bond motifs is 1. The van der Waals surface area contributed by atoms with Crippen LogP contribution in [0, 0.1) is 0 Å². The molecule has 0 radical (unpaired) electrons. The van der Waals surface area contributed by atoms with Gasteiger partial charge in [0.25, 0.3) is 0 Å². The lowest BCUT2D eigenvalue weighted by atomic mass is 10.2. The van der Waals surface area contributed by atoms with Crippen molar-refractivity contribution in [3.63, 3.8) is 0 Å². The molecule has 1 aliphatic heterocycles. The van der Waals surface area contributed by atoms with Gasteiger partial charge < -0.3 is 39.1 Å². The number of nitrogens with zero attached hydrogens (tertiary/aromatic N) is 5. The van der Waals surface area contributed by atoms with Gasteiger partial charge in [-0.05, 0) is 12.8 Å². The van der Waals surface area contributed by atoms with E-state index in [-0.39, 0.29) is 5.91 Å². The molecule has 3 aromatic heterocycles. The molecule has 4 heterocycles. The highest BCUT2D eigenvalue weighted by Gasteiger charge is 2.32. The number of methoxy groups -OCH3 is 3. The molecule has 1 aliphatic rings. The van der Waals surface area contributed by atoms with Crippen molar-refractivity contribution in [3.8, 4) is 22.9 Å². The second-order valence-corrected chi connectivity index (χ2v) is 7.93. The molecule has 0 aliphatic carbocycles. The summed E-state index contributed by atoms with van der Waals surface area (Å²) in [6.07, 6.45) is 6.47. The molecule has 4 aromatic rings. The van der Waals surface area contributed by atoms with Crippen LogP contribution in [0.4, 0.5) is 17.6 Å². The molecule has 0 bridgehead atoms. The standard InChI is InChI=1S/C23H25N7O5/c1-32-16-9-13(10-17(33-2)20(16)34-3)29-11-18(25-12-29)27-23-26-14-6-8-35-19(14)22(28-23)30-7-4-5-15(30)21(24)31/h6,8-12,15H,4-5,7H2,1-3H3,(H2,24,31)(H,26,27,28). The molecule has 5 rings (SSSR count). The van der Waals surface area contributed by atoms with E-state index in [2.05, 4.69) is 20.3 Å². The van der Waals surface area contributed by atoms with E-state index in [1.807, 2.05) is 17.0 Å². The van der Waals surface area contributed by atoms with Gasteiger partial charge in [-0.1, -0.05) is 0 Å². The highest BCUT2D eigenvalue weighted by atomic mass is 16.5. The summed E-state index contributed by atoms with van der Waals surface area (Å²) >= 11 is 0. The minimum absolute atomic E-state index is 0.319. The Labute approximate surface area is 200 Å². The first-order valence-corrected chi connectivity index (χ1v) is 10.9. The first kappa shape index (κ1) is 22.3. The molecular formula is C23H25N7O5. The van der Waals surface area contributed by atoms with Crippen molar-refractivity contribution < 1.29 is 23.4 Å². The number of carbonyl (C=O) groups is 1. The highest BCUT2D eigenvalue weighted by Crippen LogP contribution is 2.39. The minimum atomic E-state index is -0.440. The average Bonchev–Trinajstić information content (AvgIpc) is 3.63. The van der Waals surface area contributed by atoms with Crippen LogP contribution in [0.15, 0.2) is 41.4 Å². The normalized spacial score (nSPS) is 15.4. The van der Waals surface area contributed by atoms with Crippen LogP contribution in [0.25, 0.3) is 16.8 Å². The molecule has 0 spiro atoms. The van der Waals surface area contributed by atoms with E-state index < -0.39 is 6.04 Å². The summed E-state index contributed by atoms with van der Waals surface area (Å²) in [6, 6.07) is 4.94. The van der Waals surface area contributed by atoms with Crippen molar-refractivity contribution in [2.75, 3.05) is 38.1 Å². The third kappa shape index (κ3) is 4.03. The van der Waals surface area contributed by atoms with Crippen LogP contribution >= 0.6 is 0 Å². The number of aromatic nitrogens is 4. The van der Waals surface area contributed by atoms with E-state index in [1.165, 1.54) is 0 Å². The third-order valence-electron chi connectivity index (χ3n) is 5.91. The molecule has 0 saturated carbocycles. The van der Waals surface area contributed by atoms with Gasteiger partial charge in [0.2, 0.25) is 17.6 Å². The lowest BCUT2D eigenvalue weighted by Gasteiger charge is -2.23. The number of anilines is 3. The van der Waals surface area contributed by atoms with Gasteiger partial charge in [0, 0.05) is 24.7 Å². The van der Waals surface area contributed by atoms with Gasteiger partial charge in [-0.25, -0.2) is 9.97 Å². The maximum atomic E-state index is 12.0. The summed E-state index contributed by atoms with van der Waals surface area (Å²) in [7, 11) is 4.68. The third-order valence-corrected chi connectivity index (χ3v) is 5.91. The van der Waals surface area contributed by atoms with E-state index in [1.54, 1.807) is 50.8 Å². The van der Waals surface area contributed by atoms with Crippen molar-refractivity contribution in [1.82, 2.24) is 19.5 Å². The SMILES string of the molecule is COc1cc(-n2cnc(Nc3nc(N4CCCC4C(N)=O)c4occc4n3)c2)cc(OC)c1OC. The Bertz CT molecular complexity index is 1360. The Morgan fingerprint density at radius 2 is 1.94 bits per heavy atom. The molecule has 12 heteroatoms. The van der Waals surface area contributed by atoms with Crippen molar-refractivity contribution in [3.05, 3.63) is 37.0 Å². The molecule has 12 nitrogen and oxygen atoms in total. The quantitative estimate of drug-likeness (QED) is 0.387. The number of nitrogens with one attached hydrogen (secondary N) is 1. The fourth-order valence-electron chi connectivity index (χ4n) is 4.27. The monoisotopic (exact) mass is 479 g/mol. The van der Waals surface area contributed by atoms with Crippen molar-refractivity contribution >= 4 is 34.6 Å². The molecule has 1 aromatic carbocycles. The summed E-state index contributed by atoms with van der Waals surface area (Å²) in [5.74, 6) is 2.52. The highest BCUT2D eigenvalue weighted by molar-refractivity contribution is 5.90. The number of ether oxygens (including phenoxy) is 3. The van der Waals surface area contributed by atoms with Gasteiger partial charge in [0.1, 0.15) is 17.9 Å². The number of carbonyl (C=O) groups excluding carboxylic acids is 1. The Morgan fingerprint density at radius 3 is 2.63 bits per heavy atom. The van der Waals surface area contributed by atoms with Gasteiger partial charge in [-0.15, -0.1) is 0 Å². The van der Waals surface area contributed by atoms with Crippen molar-refractivity contribution in [2.45, 2.75) is 18.9 Å². The molecule has 1 saturated heterocycles. The summed E-state index contributed by atoms with van der Waals surface area (Å²) in [4.78, 5) is 27.4. The van der Waals surface area contributed by atoms with E-state index in [0.29, 0.717) is 58.9 Å². The number of amides is 1. The zero-order chi connectivity index (χ0) is 24.5. The topological polar surface area (TPSA) is 143 Å². The zero-order valence-corrected chi connectivity index (χ0v) is 19.5. The van der Waals surface area contributed by atoms with Gasteiger partial charge in [-0.3, -0.25) is 4.79 Å². The fourth-order valence-corrected chi connectivity index (χ4v) is 4.27. The maximum Gasteiger partial charge on any atom is 0.240 e. The number of benzene rings is 1. The van der Waals surface area contributed by atoms with E-state index in [9.17, 15) is 4.79 Å². The van der Waals surface area contributed by atoms with Crippen LogP contribution in [0.3, 0.4) is 0 Å². The van der Waals surface area contributed by atoms with Crippen LogP contribution in [0.1, 0.15) is 12.8 Å². The van der Waals surface area contributed by atoms with Gasteiger partial charge in [0.05, 0.1) is 39.5 Å². The van der Waals surface area contributed by atoms with E-state index >= 15 is 0 Å². The number of furan rings is 1. The van der Waals surface area contributed by atoms with Crippen molar-refractivity contribution in [1.29, 1.82) is 0 Å². The van der Waals surface area contributed by atoms with Crippen molar-refractivity contribution in [2.24, 2.45) is 5.73 Å². The number of imidazole rings is 1. The molecule has 182 valence electrons. The first-order valence-electron chi connectivity index (χ1n) is 10.9. The second kappa shape index (κ2) is 9.05. The van der Waals surface area contributed by atoms with Crippen LogP contribution in [-0.4, -0.2) is 59.3 Å². The molecule has 3 N–H and O–H groups in total. The Kier molecular flexibility index (Phi) is 5.77. The van der Waals surface area contributed by atoms with Crippen LogP contribution in [-0.2, 0) is 4.79 Å². The molecular weight excluding hydrogens is 454 g/mol. The summed E-state index contributed by atoms with van der Waals surface area (Å²) in [6.45, 7) is 0.648. The Hall–Kier alpha value is -4.48. The minimum Gasteiger partial charge on any atom is -0.493 e. The maximum absolute atomic E-state index is 12.0. The number of hydrogen-bond donors (Lipinski definition) is 2. The summed E-state index contributed by atoms with van der Waals surface area (Å²) in [5.41, 5.74) is 7.49. The number of nitrogens with two attached hydrogens (primary N) is 1. The molecule has 1 unspecified atom stereocenters. The largest absolute Gasteiger partial charge is 0.493 e. The van der Waals surface area contributed by atoms with Gasteiger partial charge >= 0.3 is 0 Å². The van der Waals surface area contributed by atoms with Crippen LogP contribution in [0.2, 0.25) is 0 Å². The molecule has 1 amide bonds. The number of primary amides is 1. The summed E-state index contributed by atoms with van der Waals surface area (Å²) < 4.78 is 23.7. The lowest BCUT2D eigenvalue weighted by molar-refractivity contribution is -0.119. The second-order valence-electron chi connectivity index (χ2n) is 7.93. The first-order chi connectivity index (χ1) is 17.0. The predicted molar refractivity (Wildman–Crippen MR) is 128 cm³/mol. The number of rotatable bonds is 8. The van der Waals surface area contributed by atoms with Crippen LogP contribution < -0.4 is 30.2 Å². The van der Waals surface area contributed by atoms with E-state index in [4.69, 9.17) is 24.4 Å². The average molecular weight is 479 g/mol. The Balaban J connectivity index is 1.47. The number of hydrogen-bond acceptors (Lipinski definition) is 10.